The van der Waals surface area contributed by atoms with E-state index in [4.69, 9.17) is 4.74 Å². The van der Waals surface area contributed by atoms with Crippen LogP contribution in [0, 0.1) is 5.82 Å². The van der Waals surface area contributed by atoms with Crippen molar-refractivity contribution < 1.29 is 18.7 Å². The van der Waals surface area contributed by atoms with Gasteiger partial charge in [-0.1, -0.05) is 37.6 Å². The molecule has 174 valence electrons. The molecular weight excluding hydrogens is 419 g/mol. The van der Waals surface area contributed by atoms with Gasteiger partial charge in [0.25, 0.3) is 11.8 Å². The molecule has 2 aliphatic rings. The number of ether oxygens (including phenoxy) is 1. The van der Waals surface area contributed by atoms with Gasteiger partial charge in [-0.15, -0.1) is 0 Å². The topological polar surface area (TPSA) is 58.6 Å². The van der Waals surface area contributed by atoms with Crippen LogP contribution in [0.1, 0.15) is 67.4 Å². The molecule has 3 atom stereocenters. The van der Waals surface area contributed by atoms with Gasteiger partial charge in [0.2, 0.25) is 0 Å². The van der Waals surface area contributed by atoms with Gasteiger partial charge in [0.05, 0.1) is 6.04 Å². The van der Waals surface area contributed by atoms with E-state index in [0.29, 0.717) is 17.9 Å². The smallest absolute Gasteiger partial charge is 0.289 e. The molecule has 1 heterocycles. The van der Waals surface area contributed by atoms with E-state index >= 15 is 0 Å². The lowest BCUT2D eigenvalue weighted by atomic mass is 9.89. The summed E-state index contributed by atoms with van der Waals surface area (Å²) in [4.78, 5) is 27.5. The minimum Gasteiger partial charge on any atom is -0.482 e. The highest BCUT2D eigenvalue weighted by Crippen LogP contribution is 2.34. The third-order valence-corrected chi connectivity index (χ3v) is 6.52. The van der Waals surface area contributed by atoms with E-state index in [0.717, 1.165) is 43.2 Å². The zero-order valence-electron chi connectivity index (χ0n) is 19.2. The summed E-state index contributed by atoms with van der Waals surface area (Å²) >= 11 is 0. The molecule has 1 aliphatic heterocycles. The molecule has 5 nitrogen and oxygen atoms in total. The van der Waals surface area contributed by atoms with Gasteiger partial charge < -0.3 is 15.0 Å². The number of rotatable bonds is 6. The molecule has 2 aromatic carbocycles. The summed E-state index contributed by atoms with van der Waals surface area (Å²) in [6.07, 6.45) is 6.44. The van der Waals surface area contributed by atoms with Crippen LogP contribution in [0.2, 0.25) is 0 Å². The molecule has 0 radical (unpaired) electrons. The van der Waals surface area contributed by atoms with Crippen LogP contribution in [-0.2, 0) is 16.1 Å². The Morgan fingerprint density at radius 2 is 1.97 bits per heavy atom. The number of carbonyl (C=O) groups is 2. The maximum atomic E-state index is 13.7. The Morgan fingerprint density at radius 1 is 1.21 bits per heavy atom. The summed E-state index contributed by atoms with van der Waals surface area (Å²) in [5.41, 5.74) is 2.14. The van der Waals surface area contributed by atoms with Crippen LogP contribution >= 0.6 is 0 Å². The number of benzene rings is 2. The summed E-state index contributed by atoms with van der Waals surface area (Å²) in [5.74, 6) is -0.297. The molecule has 1 aliphatic carbocycles. The number of morpholine rings is 1. The predicted octanol–water partition coefficient (Wildman–Crippen LogP) is 5.07. The van der Waals surface area contributed by atoms with E-state index < -0.39 is 0 Å². The van der Waals surface area contributed by atoms with Gasteiger partial charge in [0.15, 0.2) is 5.76 Å². The molecule has 1 saturated heterocycles. The maximum Gasteiger partial charge on any atom is 0.289 e. The molecular formula is C27H31FN2O3. The highest BCUT2D eigenvalue weighted by atomic mass is 19.1. The number of fused-ring (bicyclic) bond motifs is 1. The normalized spacial score (nSPS) is 22.5. The lowest BCUT2D eigenvalue weighted by Crippen LogP contribution is -2.54. The number of nitrogens with zero attached hydrogens (tertiary/aromatic N) is 1. The van der Waals surface area contributed by atoms with E-state index in [1.165, 1.54) is 12.1 Å². The van der Waals surface area contributed by atoms with Crippen molar-refractivity contribution in [3.63, 3.8) is 0 Å². The van der Waals surface area contributed by atoms with Crippen molar-refractivity contribution in [2.45, 2.75) is 70.7 Å². The Morgan fingerprint density at radius 3 is 2.70 bits per heavy atom. The molecule has 1 saturated carbocycles. The molecule has 33 heavy (non-hydrogen) atoms. The fourth-order valence-corrected chi connectivity index (χ4v) is 4.49. The first-order valence-corrected chi connectivity index (χ1v) is 11.8. The molecule has 0 spiro atoms. The number of halogens is 1. The quantitative estimate of drug-likeness (QED) is 0.626. The zero-order valence-corrected chi connectivity index (χ0v) is 19.2. The van der Waals surface area contributed by atoms with Crippen molar-refractivity contribution in [2.24, 2.45) is 0 Å². The first-order valence-electron chi connectivity index (χ1n) is 11.8. The van der Waals surface area contributed by atoms with Crippen molar-refractivity contribution in [3.8, 4) is 0 Å². The van der Waals surface area contributed by atoms with Gasteiger partial charge in [0.1, 0.15) is 11.9 Å². The minimum atomic E-state index is -0.304. The van der Waals surface area contributed by atoms with Crippen LogP contribution in [0.3, 0.4) is 0 Å². The van der Waals surface area contributed by atoms with Crippen LogP contribution in [-0.4, -0.2) is 34.9 Å². The Balaban J connectivity index is 1.55. The van der Waals surface area contributed by atoms with Gasteiger partial charge in [-0.25, -0.2) is 4.39 Å². The molecule has 1 N–H and O–H groups in total. The summed E-state index contributed by atoms with van der Waals surface area (Å²) < 4.78 is 19.9. The molecule has 2 amide bonds. The van der Waals surface area contributed by atoms with E-state index in [9.17, 15) is 14.0 Å². The molecule has 4 rings (SSSR count). The van der Waals surface area contributed by atoms with E-state index in [1.807, 2.05) is 36.9 Å². The van der Waals surface area contributed by atoms with Crippen LogP contribution < -0.4 is 5.32 Å². The Hall–Kier alpha value is -3.15. The highest BCUT2D eigenvalue weighted by molar-refractivity contribution is 5.97. The Kier molecular flexibility index (Phi) is 7.11. The summed E-state index contributed by atoms with van der Waals surface area (Å²) in [6.45, 7) is 4.35. The Labute approximate surface area is 194 Å². The van der Waals surface area contributed by atoms with Crippen molar-refractivity contribution in [1.29, 1.82) is 0 Å². The lowest BCUT2D eigenvalue weighted by Gasteiger charge is -2.44. The predicted molar refractivity (Wildman–Crippen MR) is 126 cm³/mol. The van der Waals surface area contributed by atoms with Crippen LogP contribution in [0.5, 0.6) is 0 Å². The number of nitrogens with one attached hydrogen (secondary N) is 1. The van der Waals surface area contributed by atoms with E-state index in [2.05, 4.69) is 5.32 Å². The fraction of sp³-hybridized carbons (Fsp3) is 0.407. The van der Waals surface area contributed by atoms with Gasteiger partial charge in [-0.3, -0.25) is 9.59 Å². The van der Waals surface area contributed by atoms with E-state index in [1.54, 1.807) is 24.3 Å². The number of amides is 2. The van der Waals surface area contributed by atoms with Gasteiger partial charge >= 0.3 is 0 Å². The molecule has 2 aromatic rings. The average molecular weight is 451 g/mol. The number of hydrogen-bond acceptors (Lipinski definition) is 3. The third-order valence-electron chi connectivity index (χ3n) is 6.52. The highest BCUT2D eigenvalue weighted by Gasteiger charge is 2.41. The average Bonchev–Trinajstić information content (AvgIpc) is 2.82. The van der Waals surface area contributed by atoms with Crippen LogP contribution in [0.25, 0.3) is 6.08 Å². The first-order chi connectivity index (χ1) is 15.9. The third kappa shape index (κ3) is 5.44. The van der Waals surface area contributed by atoms with Crippen molar-refractivity contribution in [3.05, 3.63) is 76.8 Å². The summed E-state index contributed by atoms with van der Waals surface area (Å²) in [5, 5.41) is 2.95. The monoisotopic (exact) mass is 450 g/mol. The van der Waals surface area contributed by atoms with Crippen molar-refractivity contribution in [1.82, 2.24) is 10.2 Å². The van der Waals surface area contributed by atoms with Crippen LogP contribution in [0.4, 0.5) is 4.39 Å². The summed E-state index contributed by atoms with van der Waals surface area (Å²) in [7, 11) is 0. The fourth-order valence-electron chi connectivity index (χ4n) is 4.49. The standard InChI is InChI=1S/C27H31FN2O3/c1-3-18(2)29-26(31)21-13-11-19(12-14-21)16-25-27(32)30(17-20-7-6-8-22(28)15-20)23-9-4-5-10-24(23)33-25/h6-8,11-16,18,23-24H,3-5,9-10,17H2,1-2H3,(H,29,31)/b25-16-. The van der Waals surface area contributed by atoms with Gasteiger partial charge in [-0.2, -0.15) is 0 Å². The van der Waals surface area contributed by atoms with Crippen LogP contribution in [0.15, 0.2) is 54.3 Å². The second-order valence-electron chi connectivity index (χ2n) is 8.98. The zero-order chi connectivity index (χ0) is 23.4. The molecule has 6 heteroatoms. The van der Waals surface area contributed by atoms with Gasteiger partial charge in [0, 0.05) is 18.2 Å². The van der Waals surface area contributed by atoms with Gasteiger partial charge in [-0.05, 0) is 74.1 Å². The molecule has 3 unspecified atom stereocenters. The van der Waals surface area contributed by atoms with Crippen molar-refractivity contribution >= 4 is 17.9 Å². The minimum absolute atomic E-state index is 0.00158. The maximum absolute atomic E-state index is 13.7. The van der Waals surface area contributed by atoms with Crippen molar-refractivity contribution in [2.75, 3.05) is 0 Å². The molecule has 0 aromatic heterocycles. The lowest BCUT2D eigenvalue weighted by molar-refractivity contribution is -0.149. The molecule has 0 bridgehead atoms. The largest absolute Gasteiger partial charge is 0.482 e. The Bertz CT molecular complexity index is 1030. The van der Waals surface area contributed by atoms with E-state index in [-0.39, 0.29) is 35.8 Å². The SMILES string of the molecule is CCC(C)NC(=O)c1ccc(/C=C2\OC3CCCCC3N(Cc3cccc(F)c3)C2=O)cc1. The first kappa shape index (κ1) is 23.0. The number of hydrogen-bond donors (Lipinski definition) is 1. The summed E-state index contributed by atoms with van der Waals surface area (Å²) in [6, 6.07) is 13.7. The second kappa shape index (κ2) is 10.2. The number of carbonyl (C=O) groups excluding carboxylic acids is 2. The second-order valence-corrected chi connectivity index (χ2v) is 8.98. The molecule has 2 fully saturated rings.